The minimum Gasteiger partial charge on any atom is -0.656 e. The molecule has 100 valence electrons. The van der Waals surface area contributed by atoms with Crippen LogP contribution in [0.3, 0.4) is 0 Å². The fraction of sp³-hybridized carbons (Fsp3) is 0. The number of halogens is 1. The number of hydrogen-bond acceptors (Lipinski definition) is 1. The molecule has 19 heavy (non-hydrogen) atoms. The molecule has 0 unspecified atom stereocenters. The number of aromatic nitrogens is 2. The monoisotopic (exact) mass is 451 g/mol. The van der Waals surface area contributed by atoms with Crippen LogP contribution in [0.25, 0.3) is 22.3 Å². The number of fused-ring (bicyclic) bond motifs is 1. The molecular formula is C15H13ClN2Pt. The van der Waals surface area contributed by atoms with Crippen molar-refractivity contribution >= 4 is 20.3 Å². The molecule has 1 aromatic carbocycles. The third-order valence-electron chi connectivity index (χ3n) is 2.40. The molecule has 3 aromatic rings. The first-order chi connectivity index (χ1) is 9.43. The molecule has 2 radical (unpaired) electrons. The molecule has 0 atom stereocenters. The van der Waals surface area contributed by atoms with Gasteiger partial charge in [-0.2, -0.15) is 0 Å². The van der Waals surface area contributed by atoms with Gasteiger partial charge in [0.25, 0.3) is 0 Å². The van der Waals surface area contributed by atoms with Crippen LogP contribution < -0.4 is 4.98 Å². The van der Waals surface area contributed by atoms with Crippen molar-refractivity contribution in [3.8, 4) is 11.4 Å². The molecule has 0 saturated heterocycles. The van der Waals surface area contributed by atoms with E-state index in [1.807, 2.05) is 36.4 Å². The average Bonchev–Trinajstić information content (AvgIpc) is 2.96. The Morgan fingerprint density at radius 1 is 1.00 bits per heavy atom. The van der Waals surface area contributed by atoms with Crippen LogP contribution in [0.5, 0.6) is 0 Å². The van der Waals surface area contributed by atoms with Gasteiger partial charge in [-0.3, -0.25) is 4.98 Å². The fourth-order valence-electron chi connectivity index (χ4n) is 1.67. The van der Waals surface area contributed by atoms with Crippen molar-refractivity contribution in [2.24, 2.45) is 0 Å². The van der Waals surface area contributed by atoms with Crippen molar-refractivity contribution in [3.05, 3.63) is 68.6 Å². The van der Waals surface area contributed by atoms with Crippen molar-refractivity contribution in [1.29, 1.82) is 0 Å². The number of hydrogen-bond donors (Lipinski definition) is 0. The quantitative estimate of drug-likeness (QED) is 0.554. The normalized spacial score (nSPS) is 9.11. The van der Waals surface area contributed by atoms with Gasteiger partial charge in [0.05, 0.1) is 0 Å². The van der Waals surface area contributed by atoms with Gasteiger partial charge in [0.15, 0.2) is 0 Å². The molecule has 4 heteroatoms. The van der Waals surface area contributed by atoms with Gasteiger partial charge < -0.3 is 4.98 Å². The van der Waals surface area contributed by atoms with Crippen LogP contribution in [-0.4, -0.2) is 4.98 Å². The van der Waals surface area contributed by atoms with E-state index in [1.54, 1.807) is 25.0 Å². The van der Waals surface area contributed by atoms with E-state index in [1.165, 1.54) is 0 Å². The Bertz CT molecular complexity index is 560. The van der Waals surface area contributed by atoms with Crippen molar-refractivity contribution in [1.82, 2.24) is 9.97 Å². The summed E-state index contributed by atoms with van der Waals surface area (Å²) in [4.78, 5) is 8.80. The molecule has 0 saturated carbocycles. The molecule has 0 fully saturated rings. The van der Waals surface area contributed by atoms with E-state index in [4.69, 9.17) is 0 Å². The molecular weight excluding hydrogens is 439 g/mol. The number of para-hydroxylation sites is 1. The van der Waals surface area contributed by atoms with Gasteiger partial charge in [-0.1, -0.05) is 50.2 Å². The summed E-state index contributed by atoms with van der Waals surface area (Å²) in [6.45, 7) is 6.00. The van der Waals surface area contributed by atoms with Crippen molar-refractivity contribution in [3.63, 3.8) is 0 Å². The smallest absolute Gasteiger partial charge is 0.0483 e. The zero-order valence-electron chi connectivity index (χ0n) is 10.2. The van der Waals surface area contributed by atoms with Gasteiger partial charge in [0.1, 0.15) is 0 Å². The van der Waals surface area contributed by atoms with Crippen LogP contribution in [0.4, 0.5) is 0 Å². The number of nitrogens with zero attached hydrogens (tertiary/aromatic N) is 2. The third kappa shape index (κ3) is 4.19. The molecule has 2 aromatic heterocycles. The zero-order valence-corrected chi connectivity index (χ0v) is 13.2. The van der Waals surface area contributed by atoms with E-state index in [0.717, 1.165) is 22.3 Å². The molecule has 0 aliphatic heterocycles. The van der Waals surface area contributed by atoms with Crippen LogP contribution in [0.15, 0.2) is 54.7 Å². The van der Waals surface area contributed by atoms with Crippen LogP contribution in [0.2, 0.25) is 0 Å². The predicted octanol–water partition coefficient (Wildman–Crippen LogP) is 4.20. The zero-order chi connectivity index (χ0) is 14.1. The number of rotatable bonds is 1. The summed E-state index contributed by atoms with van der Waals surface area (Å²) in [5.74, 6) is 0. The number of benzene rings is 1. The topological polar surface area (TPSA) is 27.0 Å². The summed E-state index contributed by atoms with van der Waals surface area (Å²) >= 11 is 1.61. The van der Waals surface area contributed by atoms with Gasteiger partial charge in [-0.25, -0.2) is 0 Å². The minimum atomic E-state index is 0.925. The molecule has 0 bridgehead atoms. The van der Waals surface area contributed by atoms with E-state index in [-0.39, 0.29) is 0 Å². The van der Waals surface area contributed by atoms with E-state index in [0.29, 0.717) is 0 Å². The summed E-state index contributed by atoms with van der Waals surface area (Å²) in [7, 11) is 4.61. The maximum Gasteiger partial charge on any atom is 0.0483 e. The Morgan fingerprint density at radius 2 is 1.68 bits per heavy atom. The van der Waals surface area contributed by atoms with Crippen LogP contribution in [-0.2, 0) is 18.8 Å². The molecule has 0 spiro atoms. The summed E-state index contributed by atoms with van der Waals surface area (Å²) in [5, 5.41) is 1.16. The van der Waals surface area contributed by atoms with E-state index in [2.05, 4.69) is 45.4 Å². The van der Waals surface area contributed by atoms with E-state index < -0.39 is 0 Å². The van der Waals surface area contributed by atoms with Crippen LogP contribution in [0, 0.1) is 13.8 Å². The molecule has 0 aliphatic carbocycles. The molecule has 0 N–H and O–H groups in total. The summed E-state index contributed by atoms with van der Waals surface area (Å²) in [6.07, 6.45) is 1.79. The van der Waals surface area contributed by atoms with Gasteiger partial charge in [-0.05, 0) is 17.5 Å². The van der Waals surface area contributed by atoms with Crippen LogP contribution in [0.1, 0.15) is 0 Å². The maximum absolute atomic E-state index is 4.61. The van der Waals surface area contributed by atoms with Gasteiger partial charge in [-0.15, -0.1) is 11.2 Å². The Kier molecular flexibility index (Phi) is 7.47. The first kappa shape index (κ1) is 15.9. The average molecular weight is 452 g/mol. The second-order valence-electron chi connectivity index (χ2n) is 3.42. The Morgan fingerprint density at radius 3 is 2.32 bits per heavy atom. The second kappa shape index (κ2) is 8.90. The maximum atomic E-state index is 4.61. The molecule has 2 nitrogen and oxygen atoms in total. The van der Waals surface area contributed by atoms with Crippen LogP contribution >= 0.6 is 9.42 Å². The molecule has 0 aliphatic rings. The van der Waals surface area contributed by atoms with Gasteiger partial charge in [0.2, 0.25) is 0 Å². The van der Waals surface area contributed by atoms with Gasteiger partial charge in [0, 0.05) is 11.9 Å². The standard InChI is InChI=1S/C13H9N2.C2H4.ClH.Pt/c1-2-6-11-10(5-1)9-13(15-11)12-7-3-4-8-14-12;1-2;;/h1-9H;1-2H2;1H;/q-1;;;+2/p-1. The van der Waals surface area contributed by atoms with Gasteiger partial charge >= 0.3 is 28.2 Å². The first-order valence-electron chi connectivity index (χ1n) is 5.49. The largest absolute Gasteiger partial charge is 0.656 e. The summed E-state index contributed by atoms with van der Waals surface area (Å²) < 4.78 is 0. The van der Waals surface area contributed by atoms with E-state index >= 15 is 0 Å². The van der Waals surface area contributed by atoms with Crippen molar-refractivity contribution in [2.45, 2.75) is 0 Å². The summed E-state index contributed by atoms with van der Waals surface area (Å²) in [5.41, 5.74) is 2.89. The van der Waals surface area contributed by atoms with Crippen molar-refractivity contribution in [2.75, 3.05) is 0 Å². The fourth-order valence-corrected chi connectivity index (χ4v) is 1.67. The van der Waals surface area contributed by atoms with Crippen molar-refractivity contribution < 1.29 is 18.8 Å². The Balaban J connectivity index is 0.000000415. The predicted molar refractivity (Wildman–Crippen MR) is 77.1 cm³/mol. The SMILES string of the molecule is [CH2][CH2].[Cl][Pt+].c1ccc(-c2cc3ccccc3[n-]2)nc1. The third-order valence-corrected chi connectivity index (χ3v) is 2.40. The Labute approximate surface area is 129 Å². The number of pyridine rings is 1. The minimum absolute atomic E-state index is 0.925. The first-order valence-corrected chi connectivity index (χ1v) is 8.31. The summed E-state index contributed by atoms with van der Waals surface area (Å²) in [6, 6.07) is 16.0. The second-order valence-corrected chi connectivity index (χ2v) is 3.42. The Hall–Kier alpha value is -1.11. The van der Waals surface area contributed by atoms with E-state index in [9.17, 15) is 0 Å². The molecule has 2 heterocycles. The molecule has 0 amide bonds. The molecule has 3 rings (SSSR count).